The Morgan fingerprint density at radius 1 is 1.38 bits per heavy atom. The number of piperazine rings is 3. The first kappa shape index (κ1) is 10.4. The van der Waals surface area contributed by atoms with E-state index in [1.807, 2.05) is 5.38 Å². The maximum absolute atomic E-state index is 12.2. The SMILES string of the molecule is O=C(Cc1ccsc1)C1CN2CCN1CC2. The van der Waals surface area contributed by atoms with Crippen LogP contribution in [0.4, 0.5) is 0 Å². The Morgan fingerprint density at radius 2 is 2.19 bits per heavy atom. The molecule has 1 aromatic heterocycles. The van der Waals surface area contributed by atoms with Crippen LogP contribution in [0.5, 0.6) is 0 Å². The number of hydrogen-bond acceptors (Lipinski definition) is 4. The second kappa shape index (κ2) is 4.28. The summed E-state index contributed by atoms with van der Waals surface area (Å²) in [6, 6.07) is 2.21. The summed E-state index contributed by atoms with van der Waals surface area (Å²) in [5, 5.41) is 4.12. The molecule has 0 aromatic carbocycles. The summed E-state index contributed by atoms with van der Waals surface area (Å²) in [7, 11) is 0. The number of rotatable bonds is 3. The first-order valence-electron chi connectivity index (χ1n) is 5.83. The number of thiophene rings is 1. The van der Waals surface area contributed by atoms with Gasteiger partial charge in [0.05, 0.1) is 6.04 Å². The molecule has 86 valence electrons. The molecule has 3 aliphatic heterocycles. The Kier molecular flexibility index (Phi) is 2.79. The highest BCUT2D eigenvalue weighted by Crippen LogP contribution is 2.18. The van der Waals surface area contributed by atoms with Gasteiger partial charge < -0.3 is 0 Å². The zero-order chi connectivity index (χ0) is 11.0. The maximum atomic E-state index is 12.2. The third kappa shape index (κ3) is 1.93. The molecule has 3 fully saturated rings. The second-order valence-corrected chi connectivity index (χ2v) is 5.41. The molecule has 3 saturated heterocycles. The largest absolute Gasteiger partial charge is 0.299 e. The molecule has 0 saturated carbocycles. The average molecular weight is 236 g/mol. The van der Waals surface area contributed by atoms with Crippen molar-refractivity contribution >= 4 is 17.1 Å². The van der Waals surface area contributed by atoms with Crippen LogP contribution < -0.4 is 0 Å². The summed E-state index contributed by atoms with van der Waals surface area (Å²) in [5.74, 6) is 0.391. The van der Waals surface area contributed by atoms with Gasteiger partial charge in [0.15, 0.2) is 5.78 Å². The van der Waals surface area contributed by atoms with E-state index >= 15 is 0 Å². The van der Waals surface area contributed by atoms with Gasteiger partial charge in [-0.3, -0.25) is 14.6 Å². The lowest BCUT2D eigenvalue weighted by molar-refractivity contribution is -0.128. The van der Waals surface area contributed by atoms with Crippen LogP contribution in [0.25, 0.3) is 0 Å². The van der Waals surface area contributed by atoms with Gasteiger partial charge in [0.25, 0.3) is 0 Å². The van der Waals surface area contributed by atoms with Crippen molar-refractivity contribution in [1.82, 2.24) is 9.80 Å². The van der Waals surface area contributed by atoms with Crippen molar-refractivity contribution in [1.29, 1.82) is 0 Å². The summed E-state index contributed by atoms with van der Waals surface area (Å²) < 4.78 is 0. The molecule has 3 aliphatic rings. The van der Waals surface area contributed by atoms with Crippen LogP contribution in [-0.4, -0.2) is 54.3 Å². The number of fused-ring (bicyclic) bond motifs is 3. The molecule has 4 heterocycles. The van der Waals surface area contributed by atoms with Gasteiger partial charge in [0, 0.05) is 39.1 Å². The second-order valence-electron chi connectivity index (χ2n) is 4.63. The Morgan fingerprint density at radius 3 is 2.75 bits per heavy atom. The summed E-state index contributed by atoms with van der Waals surface area (Å²) in [6.45, 7) is 5.37. The van der Waals surface area contributed by atoms with Gasteiger partial charge >= 0.3 is 0 Å². The molecule has 0 aliphatic carbocycles. The number of hydrogen-bond donors (Lipinski definition) is 0. The van der Waals surface area contributed by atoms with E-state index in [1.54, 1.807) is 11.3 Å². The number of carbonyl (C=O) groups is 1. The van der Waals surface area contributed by atoms with Gasteiger partial charge in [0.1, 0.15) is 0 Å². The van der Waals surface area contributed by atoms with Crippen molar-refractivity contribution < 1.29 is 4.79 Å². The molecule has 0 radical (unpaired) electrons. The molecule has 0 N–H and O–H groups in total. The Balaban J connectivity index is 1.67. The van der Waals surface area contributed by atoms with Crippen LogP contribution in [0.1, 0.15) is 5.56 Å². The Bertz CT molecular complexity index is 368. The highest BCUT2D eigenvalue weighted by molar-refractivity contribution is 7.07. The van der Waals surface area contributed by atoms with Gasteiger partial charge in [-0.25, -0.2) is 0 Å². The van der Waals surface area contributed by atoms with Crippen LogP contribution in [0.3, 0.4) is 0 Å². The third-order valence-corrected chi connectivity index (χ3v) is 4.34. The molecule has 2 bridgehead atoms. The van der Waals surface area contributed by atoms with Gasteiger partial charge in [-0.15, -0.1) is 0 Å². The van der Waals surface area contributed by atoms with Crippen LogP contribution in [0, 0.1) is 0 Å². The van der Waals surface area contributed by atoms with Crippen LogP contribution >= 0.6 is 11.3 Å². The minimum Gasteiger partial charge on any atom is -0.299 e. The van der Waals surface area contributed by atoms with Crippen molar-refractivity contribution in [3.05, 3.63) is 22.4 Å². The zero-order valence-electron chi connectivity index (χ0n) is 9.26. The normalized spacial score (nSPS) is 32.9. The van der Waals surface area contributed by atoms with Crippen molar-refractivity contribution in [2.75, 3.05) is 32.7 Å². The van der Waals surface area contributed by atoms with E-state index in [-0.39, 0.29) is 6.04 Å². The van der Waals surface area contributed by atoms with Crippen LogP contribution in [0.2, 0.25) is 0 Å². The molecular weight excluding hydrogens is 220 g/mol. The van der Waals surface area contributed by atoms with E-state index in [2.05, 4.69) is 21.2 Å². The molecule has 0 amide bonds. The summed E-state index contributed by atoms with van der Waals surface area (Å²) >= 11 is 1.67. The highest BCUT2D eigenvalue weighted by Gasteiger charge is 2.35. The van der Waals surface area contributed by atoms with E-state index in [1.165, 1.54) is 5.56 Å². The quantitative estimate of drug-likeness (QED) is 0.777. The third-order valence-electron chi connectivity index (χ3n) is 3.61. The standard InChI is InChI=1S/C12H16N2OS/c15-12(7-10-1-6-16-9-10)11-8-13-2-4-14(11)5-3-13/h1,6,9,11H,2-5,7-8H2. The molecule has 4 heteroatoms. The van der Waals surface area contributed by atoms with Crippen LogP contribution in [-0.2, 0) is 11.2 Å². The first-order valence-corrected chi connectivity index (χ1v) is 6.77. The molecule has 4 rings (SSSR count). The monoisotopic (exact) mass is 236 g/mol. The molecular formula is C12H16N2OS. The lowest BCUT2D eigenvalue weighted by Gasteiger charge is -2.46. The van der Waals surface area contributed by atoms with Gasteiger partial charge in [-0.05, 0) is 22.4 Å². The predicted octanol–water partition coefficient (Wildman–Crippen LogP) is 0.859. The Labute approximate surface area is 99.7 Å². The van der Waals surface area contributed by atoms with E-state index in [4.69, 9.17) is 0 Å². The summed E-state index contributed by atoms with van der Waals surface area (Å²) in [5.41, 5.74) is 1.17. The maximum Gasteiger partial charge on any atom is 0.155 e. The first-order chi connectivity index (χ1) is 7.83. The van der Waals surface area contributed by atoms with Crippen LogP contribution in [0.15, 0.2) is 16.8 Å². The molecule has 0 spiro atoms. The van der Waals surface area contributed by atoms with Crippen molar-refractivity contribution in [2.45, 2.75) is 12.5 Å². The molecule has 1 atom stereocenters. The van der Waals surface area contributed by atoms with Gasteiger partial charge in [0.2, 0.25) is 0 Å². The predicted molar refractivity (Wildman–Crippen MR) is 64.8 cm³/mol. The number of ketones is 1. The van der Waals surface area contributed by atoms with Gasteiger partial charge in [-0.2, -0.15) is 11.3 Å². The molecule has 16 heavy (non-hydrogen) atoms. The number of nitrogens with zero attached hydrogens (tertiary/aromatic N) is 2. The summed E-state index contributed by atoms with van der Waals surface area (Å²) in [4.78, 5) is 17.0. The minimum absolute atomic E-state index is 0.155. The topological polar surface area (TPSA) is 23.6 Å². The van der Waals surface area contributed by atoms with Crippen molar-refractivity contribution in [2.24, 2.45) is 0 Å². The molecule has 1 unspecified atom stereocenters. The fourth-order valence-electron chi connectivity index (χ4n) is 2.64. The van der Waals surface area contributed by atoms with Gasteiger partial charge in [-0.1, -0.05) is 0 Å². The zero-order valence-corrected chi connectivity index (χ0v) is 10.1. The lowest BCUT2D eigenvalue weighted by atomic mass is 9.99. The van der Waals surface area contributed by atoms with E-state index in [0.29, 0.717) is 12.2 Å². The number of carbonyl (C=O) groups excluding carboxylic acids is 1. The minimum atomic E-state index is 0.155. The van der Waals surface area contributed by atoms with E-state index < -0.39 is 0 Å². The average Bonchev–Trinajstić information content (AvgIpc) is 2.83. The van der Waals surface area contributed by atoms with E-state index in [0.717, 1.165) is 32.7 Å². The van der Waals surface area contributed by atoms with E-state index in [9.17, 15) is 4.79 Å². The summed E-state index contributed by atoms with van der Waals surface area (Å²) in [6.07, 6.45) is 0.610. The molecule has 1 aromatic rings. The smallest absolute Gasteiger partial charge is 0.155 e. The fraction of sp³-hybridized carbons (Fsp3) is 0.583. The lowest BCUT2D eigenvalue weighted by Crippen LogP contribution is -2.63. The molecule has 3 nitrogen and oxygen atoms in total. The highest BCUT2D eigenvalue weighted by atomic mass is 32.1. The fourth-order valence-corrected chi connectivity index (χ4v) is 3.30. The van der Waals surface area contributed by atoms with Crippen molar-refractivity contribution in [3.8, 4) is 0 Å². The van der Waals surface area contributed by atoms with Crippen molar-refractivity contribution in [3.63, 3.8) is 0 Å². The Hall–Kier alpha value is -0.710. The number of Topliss-reactive ketones (excluding diaryl/α,β-unsaturated/α-hetero) is 1.